The number of guanidine groups is 1. The minimum absolute atomic E-state index is 0.0855. The summed E-state index contributed by atoms with van der Waals surface area (Å²) in [6, 6.07) is 14.9. The number of benzene rings is 2. The summed E-state index contributed by atoms with van der Waals surface area (Å²) in [5.41, 5.74) is 2.68. The Kier molecular flexibility index (Phi) is 8.13. The highest BCUT2D eigenvalue weighted by molar-refractivity contribution is 5.79. The maximum atomic E-state index is 12.2. The summed E-state index contributed by atoms with van der Waals surface area (Å²) in [7, 11) is 3.29. The lowest BCUT2D eigenvalue weighted by Gasteiger charge is -2.13. The van der Waals surface area contributed by atoms with Crippen LogP contribution in [0.15, 0.2) is 53.5 Å². The van der Waals surface area contributed by atoms with Crippen molar-refractivity contribution in [1.29, 1.82) is 0 Å². The minimum atomic E-state index is -4.32. The zero-order valence-electron chi connectivity index (χ0n) is 15.8. The van der Waals surface area contributed by atoms with Crippen LogP contribution in [0.2, 0.25) is 0 Å². The van der Waals surface area contributed by atoms with Gasteiger partial charge in [0.2, 0.25) is 0 Å². The van der Waals surface area contributed by atoms with E-state index in [4.69, 9.17) is 9.47 Å². The Morgan fingerprint density at radius 3 is 2.21 bits per heavy atom. The Morgan fingerprint density at radius 2 is 1.61 bits per heavy atom. The summed E-state index contributed by atoms with van der Waals surface area (Å²) in [6.07, 6.45) is -4.32. The predicted molar refractivity (Wildman–Crippen MR) is 102 cm³/mol. The molecule has 8 heteroatoms. The second-order valence-corrected chi connectivity index (χ2v) is 6.06. The maximum absolute atomic E-state index is 12.2. The summed E-state index contributed by atoms with van der Waals surface area (Å²) in [4.78, 5) is 4.17. The number of aliphatic imine (C=N–C) groups is 1. The van der Waals surface area contributed by atoms with E-state index in [2.05, 4.69) is 15.6 Å². The molecule has 152 valence electrons. The van der Waals surface area contributed by atoms with E-state index >= 15 is 0 Å². The molecule has 0 aliphatic carbocycles. The molecule has 0 saturated heterocycles. The molecule has 0 spiro atoms. The van der Waals surface area contributed by atoms with Gasteiger partial charge in [0, 0.05) is 20.1 Å². The van der Waals surface area contributed by atoms with Crippen molar-refractivity contribution in [3.05, 3.63) is 65.2 Å². The topological polar surface area (TPSA) is 54.9 Å². The molecule has 0 heterocycles. The molecule has 0 saturated carbocycles. The second kappa shape index (κ2) is 10.6. The number of halogens is 3. The van der Waals surface area contributed by atoms with E-state index in [0.29, 0.717) is 24.6 Å². The first-order valence-corrected chi connectivity index (χ1v) is 8.69. The van der Waals surface area contributed by atoms with Crippen LogP contribution in [0.4, 0.5) is 13.2 Å². The summed E-state index contributed by atoms with van der Waals surface area (Å²) >= 11 is 0. The highest BCUT2D eigenvalue weighted by Gasteiger charge is 2.27. The van der Waals surface area contributed by atoms with Crippen LogP contribution in [0.5, 0.6) is 5.75 Å². The average Bonchev–Trinajstić information content (AvgIpc) is 2.68. The zero-order chi connectivity index (χ0) is 20.4. The van der Waals surface area contributed by atoms with Crippen LogP contribution in [0, 0.1) is 0 Å². The van der Waals surface area contributed by atoms with Crippen molar-refractivity contribution in [3.63, 3.8) is 0 Å². The first-order valence-electron chi connectivity index (χ1n) is 8.69. The third-order valence-electron chi connectivity index (χ3n) is 3.83. The number of nitrogens with one attached hydrogen (secondary N) is 2. The van der Waals surface area contributed by atoms with E-state index in [-0.39, 0.29) is 6.61 Å². The number of rotatable bonds is 8. The van der Waals surface area contributed by atoms with Crippen LogP contribution < -0.4 is 15.4 Å². The fourth-order valence-electron chi connectivity index (χ4n) is 2.45. The van der Waals surface area contributed by atoms with Gasteiger partial charge in [0.05, 0.1) is 13.7 Å². The summed E-state index contributed by atoms with van der Waals surface area (Å²) in [5, 5.41) is 6.39. The van der Waals surface area contributed by atoms with Crippen molar-refractivity contribution in [3.8, 4) is 5.75 Å². The third kappa shape index (κ3) is 7.87. The molecular weight excluding hydrogens is 371 g/mol. The van der Waals surface area contributed by atoms with Gasteiger partial charge in [-0.05, 0) is 28.8 Å². The minimum Gasteiger partial charge on any atom is -0.497 e. The Balaban J connectivity index is 1.81. The molecule has 2 aromatic carbocycles. The van der Waals surface area contributed by atoms with Crippen molar-refractivity contribution in [2.75, 3.05) is 20.8 Å². The van der Waals surface area contributed by atoms with Crippen LogP contribution >= 0.6 is 0 Å². The van der Waals surface area contributed by atoms with Crippen LogP contribution in [0.3, 0.4) is 0 Å². The maximum Gasteiger partial charge on any atom is 0.411 e. The van der Waals surface area contributed by atoms with Gasteiger partial charge in [0.1, 0.15) is 12.4 Å². The molecule has 0 aliphatic heterocycles. The molecule has 0 aromatic heterocycles. The molecule has 2 aromatic rings. The van der Waals surface area contributed by atoms with Gasteiger partial charge in [0.15, 0.2) is 5.96 Å². The Bertz CT molecular complexity index is 762. The SMILES string of the molecule is CN=C(NCc1ccc(OC)cc1)NCc1cccc(COCC(F)(F)F)c1. The highest BCUT2D eigenvalue weighted by atomic mass is 19.4. The standard InChI is InChI=1S/C20H24F3N3O2/c1-24-19(25-11-15-6-8-18(27-2)9-7-15)26-12-16-4-3-5-17(10-16)13-28-14-20(21,22)23/h3-10H,11-14H2,1-2H3,(H2,24,25,26). The van der Waals surface area contributed by atoms with Gasteiger partial charge in [-0.1, -0.05) is 36.4 Å². The van der Waals surface area contributed by atoms with Gasteiger partial charge >= 0.3 is 6.18 Å². The van der Waals surface area contributed by atoms with Gasteiger partial charge in [-0.2, -0.15) is 13.2 Å². The fraction of sp³-hybridized carbons (Fsp3) is 0.350. The molecule has 28 heavy (non-hydrogen) atoms. The lowest BCUT2D eigenvalue weighted by atomic mass is 10.1. The first kappa shape index (κ1) is 21.6. The van der Waals surface area contributed by atoms with Gasteiger partial charge in [-0.25, -0.2) is 0 Å². The van der Waals surface area contributed by atoms with Gasteiger partial charge in [-0.3, -0.25) is 4.99 Å². The third-order valence-corrected chi connectivity index (χ3v) is 3.83. The second-order valence-electron chi connectivity index (χ2n) is 6.06. The molecule has 0 atom stereocenters. The number of nitrogens with zero attached hydrogens (tertiary/aromatic N) is 1. The van der Waals surface area contributed by atoms with Crippen LogP contribution in [0.25, 0.3) is 0 Å². The Morgan fingerprint density at radius 1 is 0.964 bits per heavy atom. The van der Waals surface area contributed by atoms with Crippen LogP contribution in [-0.4, -0.2) is 32.9 Å². The molecule has 0 unspecified atom stereocenters. The number of alkyl halides is 3. The number of hydrogen-bond acceptors (Lipinski definition) is 3. The highest BCUT2D eigenvalue weighted by Crippen LogP contribution is 2.16. The quantitative estimate of drug-likeness (QED) is 0.529. The van der Waals surface area contributed by atoms with Crippen molar-refractivity contribution in [2.24, 2.45) is 4.99 Å². The molecule has 0 fully saturated rings. The average molecular weight is 395 g/mol. The zero-order valence-corrected chi connectivity index (χ0v) is 15.8. The number of ether oxygens (including phenoxy) is 2. The lowest BCUT2D eigenvalue weighted by Crippen LogP contribution is -2.36. The first-order chi connectivity index (χ1) is 13.4. The molecule has 0 bridgehead atoms. The molecular formula is C20H24F3N3O2. The van der Waals surface area contributed by atoms with Gasteiger partial charge in [-0.15, -0.1) is 0 Å². The van der Waals surface area contributed by atoms with E-state index < -0.39 is 12.8 Å². The fourth-order valence-corrected chi connectivity index (χ4v) is 2.45. The molecule has 2 N–H and O–H groups in total. The smallest absolute Gasteiger partial charge is 0.411 e. The molecule has 0 amide bonds. The Labute approximate surface area is 162 Å². The molecule has 0 radical (unpaired) electrons. The molecule has 2 rings (SSSR count). The summed E-state index contributed by atoms with van der Waals surface area (Å²) in [5.74, 6) is 1.42. The monoisotopic (exact) mass is 395 g/mol. The van der Waals surface area contributed by atoms with E-state index in [1.54, 1.807) is 32.4 Å². The Hall–Kier alpha value is -2.74. The van der Waals surface area contributed by atoms with Gasteiger partial charge < -0.3 is 20.1 Å². The summed E-state index contributed by atoms with van der Waals surface area (Å²) in [6.45, 7) is -0.264. The summed E-state index contributed by atoms with van der Waals surface area (Å²) < 4.78 is 46.3. The van der Waals surface area contributed by atoms with Crippen molar-refractivity contribution >= 4 is 5.96 Å². The number of hydrogen-bond donors (Lipinski definition) is 2. The van der Waals surface area contributed by atoms with Crippen molar-refractivity contribution < 1.29 is 22.6 Å². The number of methoxy groups -OCH3 is 1. The van der Waals surface area contributed by atoms with Gasteiger partial charge in [0.25, 0.3) is 0 Å². The molecule has 5 nitrogen and oxygen atoms in total. The lowest BCUT2D eigenvalue weighted by molar-refractivity contribution is -0.176. The van der Waals surface area contributed by atoms with Crippen molar-refractivity contribution in [2.45, 2.75) is 25.9 Å². The molecule has 0 aliphatic rings. The predicted octanol–water partition coefficient (Wildman–Crippen LogP) is 3.64. The van der Waals surface area contributed by atoms with Crippen molar-refractivity contribution in [1.82, 2.24) is 10.6 Å². The van der Waals surface area contributed by atoms with Crippen LogP contribution in [-0.2, 0) is 24.4 Å². The van der Waals surface area contributed by atoms with E-state index in [0.717, 1.165) is 16.9 Å². The normalized spacial score (nSPS) is 12.0. The van der Waals surface area contributed by atoms with Crippen LogP contribution in [0.1, 0.15) is 16.7 Å². The van der Waals surface area contributed by atoms with E-state index in [1.807, 2.05) is 30.3 Å². The van der Waals surface area contributed by atoms with E-state index in [9.17, 15) is 13.2 Å². The van der Waals surface area contributed by atoms with E-state index in [1.165, 1.54) is 0 Å². The largest absolute Gasteiger partial charge is 0.497 e.